The molecule has 3 N–H and O–H groups in total. The first-order valence-electron chi connectivity index (χ1n) is 7.76. The van der Waals surface area contributed by atoms with Crippen LogP contribution in [0, 0.1) is 13.8 Å². The summed E-state index contributed by atoms with van der Waals surface area (Å²) in [5.41, 5.74) is 1.98. The van der Waals surface area contributed by atoms with Crippen LogP contribution in [0.4, 0.5) is 5.69 Å². The molecule has 0 aliphatic rings. The lowest BCUT2D eigenvalue weighted by atomic mass is 10.1. The van der Waals surface area contributed by atoms with Crippen LogP contribution in [-0.2, 0) is 18.3 Å². The van der Waals surface area contributed by atoms with Crippen LogP contribution in [0.3, 0.4) is 0 Å². The first-order chi connectivity index (χ1) is 11.8. The molecule has 0 atom stereocenters. The molecule has 9 nitrogen and oxygen atoms in total. The Bertz CT molecular complexity index is 1080. The van der Waals surface area contributed by atoms with E-state index in [1.165, 1.54) is 0 Å². The second-order valence-corrected chi connectivity index (χ2v) is 5.86. The molecule has 0 saturated carbocycles. The number of hydrogen-bond acceptors (Lipinski definition) is 5. The molecule has 0 radical (unpaired) electrons. The predicted octanol–water partition coefficient (Wildman–Crippen LogP) is 0.533. The highest BCUT2D eigenvalue weighted by Crippen LogP contribution is 2.19. The lowest BCUT2D eigenvalue weighted by Gasteiger charge is -2.06. The molecule has 0 saturated heterocycles. The molecule has 0 spiro atoms. The maximum Gasteiger partial charge on any atom is 0.325 e. The van der Waals surface area contributed by atoms with Crippen LogP contribution >= 0.6 is 0 Å². The second kappa shape index (κ2) is 6.34. The number of carbonyl (C=O) groups is 1. The van der Waals surface area contributed by atoms with E-state index in [-0.39, 0.29) is 18.7 Å². The number of anilines is 1. The number of aryl methyl sites for hydroxylation is 3. The maximum atomic E-state index is 12.2. The first-order valence-corrected chi connectivity index (χ1v) is 7.76. The Morgan fingerprint density at radius 3 is 2.76 bits per heavy atom. The number of aromatic amines is 2. The lowest BCUT2D eigenvalue weighted by Crippen LogP contribution is -2.27. The number of nitrogens with one attached hydrogen (secondary N) is 3. The molecule has 3 aromatic heterocycles. The van der Waals surface area contributed by atoms with Gasteiger partial charge in [-0.1, -0.05) is 0 Å². The molecule has 3 heterocycles. The Morgan fingerprint density at radius 2 is 2.04 bits per heavy atom. The van der Waals surface area contributed by atoms with Crippen LogP contribution in [0.1, 0.15) is 23.4 Å². The van der Waals surface area contributed by atoms with E-state index in [9.17, 15) is 14.4 Å². The summed E-state index contributed by atoms with van der Waals surface area (Å²) >= 11 is 0. The van der Waals surface area contributed by atoms with Crippen molar-refractivity contribution in [3.05, 3.63) is 50.1 Å². The molecule has 3 aromatic rings. The third-order valence-corrected chi connectivity index (χ3v) is 4.00. The Hall–Kier alpha value is -3.23. The summed E-state index contributed by atoms with van der Waals surface area (Å²) in [6.07, 6.45) is 1.91. The molecular formula is C16H18N6O3. The van der Waals surface area contributed by atoms with Gasteiger partial charge >= 0.3 is 5.69 Å². The average Bonchev–Trinajstić information content (AvgIpc) is 2.80. The number of aromatic nitrogens is 5. The number of fused-ring (bicyclic) bond motifs is 1. The summed E-state index contributed by atoms with van der Waals surface area (Å²) in [4.78, 5) is 44.1. The number of rotatable bonds is 4. The Balaban J connectivity index is 1.72. The minimum absolute atomic E-state index is 0.111. The quantitative estimate of drug-likeness (QED) is 0.638. The Morgan fingerprint density at radius 1 is 1.28 bits per heavy atom. The van der Waals surface area contributed by atoms with Crippen molar-refractivity contribution in [2.24, 2.45) is 7.05 Å². The van der Waals surface area contributed by atoms with E-state index in [2.05, 4.69) is 25.4 Å². The van der Waals surface area contributed by atoms with Gasteiger partial charge in [0.2, 0.25) is 5.91 Å². The van der Waals surface area contributed by atoms with E-state index in [0.717, 1.165) is 16.7 Å². The largest absolute Gasteiger partial charge is 0.325 e. The Kier molecular flexibility index (Phi) is 4.22. The van der Waals surface area contributed by atoms with Crippen LogP contribution in [0.5, 0.6) is 0 Å². The zero-order valence-corrected chi connectivity index (χ0v) is 14.1. The third kappa shape index (κ3) is 3.35. The lowest BCUT2D eigenvalue weighted by molar-refractivity contribution is -0.116. The average molecular weight is 342 g/mol. The summed E-state index contributed by atoms with van der Waals surface area (Å²) in [6, 6.07) is 1.82. The highest BCUT2D eigenvalue weighted by molar-refractivity contribution is 5.93. The van der Waals surface area contributed by atoms with E-state index in [1.807, 2.05) is 20.0 Å². The molecule has 25 heavy (non-hydrogen) atoms. The Labute approximate surface area is 142 Å². The van der Waals surface area contributed by atoms with Gasteiger partial charge in [0.05, 0.1) is 17.6 Å². The molecule has 130 valence electrons. The number of carbonyl (C=O) groups excluding carboxylic acids is 1. The van der Waals surface area contributed by atoms with Crippen LogP contribution in [0.2, 0.25) is 0 Å². The van der Waals surface area contributed by atoms with Gasteiger partial charge in [0.25, 0.3) is 5.56 Å². The van der Waals surface area contributed by atoms with Crippen molar-refractivity contribution in [1.82, 2.24) is 24.7 Å². The molecule has 0 unspecified atom stereocenters. The highest BCUT2D eigenvalue weighted by Gasteiger charge is 2.11. The van der Waals surface area contributed by atoms with Crippen LogP contribution in [0.15, 0.2) is 21.9 Å². The van der Waals surface area contributed by atoms with Crippen molar-refractivity contribution < 1.29 is 4.79 Å². The molecule has 1 amide bonds. The molecule has 0 fully saturated rings. The zero-order valence-electron chi connectivity index (χ0n) is 14.1. The monoisotopic (exact) mass is 342 g/mol. The van der Waals surface area contributed by atoms with Gasteiger partial charge in [0, 0.05) is 30.1 Å². The van der Waals surface area contributed by atoms with Crippen molar-refractivity contribution in [3.63, 3.8) is 0 Å². The normalized spacial score (nSPS) is 11.0. The summed E-state index contributed by atoms with van der Waals surface area (Å²) in [5.74, 6) is -0.243. The summed E-state index contributed by atoms with van der Waals surface area (Å²) in [5, 5.41) is 7.92. The highest BCUT2D eigenvalue weighted by atomic mass is 16.2. The van der Waals surface area contributed by atoms with E-state index in [4.69, 9.17) is 0 Å². The predicted molar refractivity (Wildman–Crippen MR) is 92.6 cm³/mol. The van der Waals surface area contributed by atoms with Gasteiger partial charge in [0.15, 0.2) is 5.65 Å². The van der Waals surface area contributed by atoms with Crippen LogP contribution < -0.4 is 16.6 Å². The van der Waals surface area contributed by atoms with Gasteiger partial charge in [0.1, 0.15) is 0 Å². The van der Waals surface area contributed by atoms with Crippen molar-refractivity contribution in [1.29, 1.82) is 0 Å². The number of hydrogen-bond donors (Lipinski definition) is 3. The zero-order chi connectivity index (χ0) is 18.1. The number of H-pyrrole nitrogens is 2. The van der Waals surface area contributed by atoms with E-state index in [0.29, 0.717) is 16.9 Å². The van der Waals surface area contributed by atoms with E-state index >= 15 is 0 Å². The van der Waals surface area contributed by atoms with Gasteiger partial charge in [-0.2, -0.15) is 5.10 Å². The molecule has 0 bridgehead atoms. The molecule has 0 aromatic carbocycles. The topological polar surface area (TPSA) is 126 Å². The number of amides is 1. The summed E-state index contributed by atoms with van der Waals surface area (Å²) in [6.45, 7) is 3.51. The van der Waals surface area contributed by atoms with Gasteiger partial charge in [-0.3, -0.25) is 19.3 Å². The summed E-state index contributed by atoms with van der Waals surface area (Å²) < 4.78 is 1.68. The van der Waals surface area contributed by atoms with Crippen molar-refractivity contribution in [2.75, 3.05) is 5.32 Å². The van der Waals surface area contributed by atoms with Crippen molar-refractivity contribution in [3.8, 4) is 0 Å². The van der Waals surface area contributed by atoms with Gasteiger partial charge in [-0.05, 0) is 26.3 Å². The molecule has 0 aliphatic carbocycles. The van der Waals surface area contributed by atoms with E-state index < -0.39 is 11.2 Å². The van der Waals surface area contributed by atoms with E-state index in [1.54, 1.807) is 17.8 Å². The first kappa shape index (κ1) is 16.6. The SMILES string of the molecule is Cc1[nH]c(=O)[nH]c(=O)c1CCC(=O)Nc1cnc2c(c1)c(C)nn2C. The number of nitrogens with zero attached hydrogens (tertiary/aromatic N) is 3. The fraction of sp³-hybridized carbons (Fsp3) is 0.312. The maximum absolute atomic E-state index is 12.2. The molecule has 0 aliphatic heterocycles. The fourth-order valence-corrected chi connectivity index (χ4v) is 2.77. The smallest absolute Gasteiger partial charge is 0.325 e. The molecule has 9 heteroatoms. The van der Waals surface area contributed by atoms with Crippen LogP contribution in [0.25, 0.3) is 11.0 Å². The standard InChI is InChI=1S/C16H18N6O3/c1-8-11(15(24)20-16(25)18-8)4-5-13(23)19-10-6-12-9(2)21-22(3)14(12)17-7-10/h6-7H,4-5H2,1-3H3,(H,19,23)(H2,18,20,24,25). The minimum Gasteiger partial charge on any atom is -0.325 e. The number of pyridine rings is 1. The van der Waals surface area contributed by atoms with Gasteiger partial charge < -0.3 is 10.3 Å². The molecular weight excluding hydrogens is 324 g/mol. The van der Waals surface area contributed by atoms with Crippen molar-refractivity contribution >= 4 is 22.6 Å². The fourth-order valence-electron chi connectivity index (χ4n) is 2.77. The molecule has 3 rings (SSSR count). The van der Waals surface area contributed by atoms with Crippen molar-refractivity contribution in [2.45, 2.75) is 26.7 Å². The third-order valence-electron chi connectivity index (χ3n) is 4.00. The summed E-state index contributed by atoms with van der Waals surface area (Å²) in [7, 11) is 1.81. The van der Waals surface area contributed by atoms with Crippen LogP contribution in [-0.4, -0.2) is 30.6 Å². The second-order valence-electron chi connectivity index (χ2n) is 5.86. The van der Waals surface area contributed by atoms with Gasteiger partial charge in [-0.15, -0.1) is 0 Å². The minimum atomic E-state index is -0.554. The van der Waals surface area contributed by atoms with Gasteiger partial charge in [-0.25, -0.2) is 9.78 Å².